The molecule has 0 N–H and O–H groups in total. The van der Waals surface area contributed by atoms with Crippen molar-refractivity contribution in [2.75, 3.05) is 0 Å². The zero-order valence-corrected chi connectivity index (χ0v) is 9.22. The minimum absolute atomic E-state index is 0.522. The van der Waals surface area contributed by atoms with Crippen LogP contribution >= 0.6 is 0 Å². The van der Waals surface area contributed by atoms with E-state index >= 15 is 0 Å². The molecule has 0 aliphatic heterocycles. The summed E-state index contributed by atoms with van der Waals surface area (Å²) >= 11 is 0. The molecule has 1 aliphatic rings. The van der Waals surface area contributed by atoms with Crippen LogP contribution in [0.3, 0.4) is 0 Å². The summed E-state index contributed by atoms with van der Waals surface area (Å²) in [4.78, 5) is 0. The number of imidazole rings is 1. The average Bonchev–Trinajstić information content (AvgIpc) is 2.68. The second-order valence-corrected chi connectivity index (χ2v) is 4.04. The molecule has 2 rings (SSSR count). The first kappa shape index (κ1) is 9.88. The highest BCUT2D eigenvalue weighted by atomic mass is 15.1. The van der Waals surface area contributed by atoms with Crippen LogP contribution in [0.1, 0.15) is 19.9 Å². The summed E-state index contributed by atoms with van der Waals surface area (Å²) in [5, 5.41) is 0. The van der Waals surface area contributed by atoms with E-state index < -0.39 is 0 Å². The maximum Gasteiger partial charge on any atom is 0.245 e. The van der Waals surface area contributed by atoms with Gasteiger partial charge in [0.2, 0.25) is 6.33 Å². The van der Waals surface area contributed by atoms with Gasteiger partial charge < -0.3 is 0 Å². The maximum atomic E-state index is 3.09. The van der Waals surface area contributed by atoms with E-state index in [1.807, 2.05) is 18.2 Å². The lowest BCUT2D eigenvalue weighted by atomic mass is 10.1. The monoisotopic (exact) mass is 200 g/mol. The van der Waals surface area contributed by atoms with Crippen molar-refractivity contribution in [2.45, 2.75) is 26.4 Å². The molecule has 0 radical (unpaired) electrons. The molecule has 1 aromatic heterocycles. The first-order valence-corrected chi connectivity index (χ1v) is 5.27. The van der Waals surface area contributed by atoms with Crippen molar-refractivity contribution < 1.29 is 4.57 Å². The molecule has 0 bridgehead atoms. The molecule has 2 nitrogen and oxygen atoms in total. The van der Waals surface area contributed by atoms with E-state index in [-0.39, 0.29) is 0 Å². The van der Waals surface area contributed by atoms with Gasteiger partial charge in [0.15, 0.2) is 6.54 Å². The van der Waals surface area contributed by atoms with Crippen LogP contribution in [0.25, 0.3) is 0 Å². The Morgan fingerprint density at radius 3 is 2.93 bits per heavy atom. The highest BCUT2D eigenvalue weighted by Crippen LogP contribution is 2.04. The Hall–Kier alpha value is -1.66. The lowest BCUT2D eigenvalue weighted by Gasteiger charge is -1.97. The summed E-state index contributed by atoms with van der Waals surface area (Å²) in [7, 11) is 0. The zero-order valence-electron chi connectivity index (χ0n) is 9.22. The number of rotatable bonds is 3. The molecule has 0 saturated heterocycles. The van der Waals surface area contributed by atoms with E-state index in [0.29, 0.717) is 6.04 Å². The lowest BCUT2D eigenvalue weighted by molar-refractivity contribution is -0.688. The number of nitrogens with zero attached hydrogens (tertiary/aromatic N) is 2. The van der Waals surface area contributed by atoms with Crippen LogP contribution in [0.5, 0.6) is 0 Å². The number of aromatic nitrogens is 2. The van der Waals surface area contributed by atoms with Gasteiger partial charge in [-0.15, -0.1) is 0 Å². The van der Waals surface area contributed by atoms with Gasteiger partial charge in [0.05, 0.1) is 12.1 Å². The van der Waals surface area contributed by atoms with Crippen molar-refractivity contribution in [1.82, 2.24) is 4.57 Å². The van der Waals surface area contributed by atoms with Crippen molar-refractivity contribution in [3.05, 3.63) is 54.7 Å². The van der Waals surface area contributed by atoms with Gasteiger partial charge >= 0.3 is 0 Å². The fourth-order valence-corrected chi connectivity index (χ4v) is 1.55. The van der Waals surface area contributed by atoms with Gasteiger partial charge in [-0.2, -0.15) is 0 Å². The van der Waals surface area contributed by atoms with Crippen LogP contribution < -0.4 is 4.57 Å². The minimum atomic E-state index is 0.522. The highest BCUT2D eigenvalue weighted by Gasteiger charge is 2.11. The lowest BCUT2D eigenvalue weighted by Crippen LogP contribution is -2.32. The fraction of sp³-hybridized carbons (Fsp3) is 0.308. The van der Waals surface area contributed by atoms with Crippen molar-refractivity contribution >= 4 is 0 Å². The SMILES string of the molecule is CC(C)n1cc[n+](CC2=CC=C[C+]=C2)c1. The molecule has 2 heteroatoms. The largest absolute Gasteiger partial charge is 0.245 e. The second kappa shape index (κ2) is 4.24. The molecule has 0 aromatic carbocycles. The Balaban J connectivity index is 2.08. The van der Waals surface area contributed by atoms with Gasteiger partial charge in [0.1, 0.15) is 30.1 Å². The predicted molar refractivity (Wildman–Crippen MR) is 60.0 cm³/mol. The third-order valence-corrected chi connectivity index (χ3v) is 2.44. The Morgan fingerprint density at radius 2 is 2.33 bits per heavy atom. The maximum absolute atomic E-state index is 3.09. The third-order valence-electron chi connectivity index (χ3n) is 2.44. The number of hydrogen-bond acceptors (Lipinski definition) is 0. The molecule has 1 heterocycles. The molecular weight excluding hydrogens is 184 g/mol. The van der Waals surface area contributed by atoms with Crippen LogP contribution in [-0.2, 0) is 6.54 Å². The fourth-order valence-electron chi connectivity index (χ4n) is 1.55. The van der Waals surface area contributed by atoms with Crippen LogP contribution in [0, 0.1) is 6.08 Å². The zero-order chi connectivity index (χ0) is 10.7. The molecule has 0 amide bonds. The molecule has 1 aromatic rings. The van der Waals surface area contributed by atoms with Gasteiger partial charge in [-0.25, -0.2) is 9.13 Å². The van der Waals surface area contributed by atoms with Crippen molar-refractivity contribution in [2.24, 2.45) is 0 Å². The molecule has 0 atom stereocenters. The standard InChI is InChI=1S/C13H16N2/c1-12(2)15-9-8-14(11-15)10-13-6-4-3-5-7-13/h3-4,6-9,11-12H,10H2,1-2H3/q+2. The Kier molecular flexibility index (Phi) is 2.79. The molecule has 1 aliphatic carbocycles. The van der Waals surface area contributed by atoms with Gasteiger partial charge in [0.25, 0.3) is 0 Å². The molecule has 0 fully saturated rings. The third kappa shape index (κ3) is 2.42. The van der Waals surface area contributed by atoms with Gasteiger partial charge in [-0.3, -0.25) is 0 Å². The molecular formula is C13H16N2+2. The van der Waals surface area contributed by atoms with E-state index in [2.05, 4.69) is 53.9 Å². The first-order chi connectivity index (χ1) is 7.25. The van der Waals surface area contributed by atoms with Crippen molar-refractivity contribution in [3.63, 3.8) is 0 Å². The normalized spacial score (nSPS) is 14.2. The first-order valence-electron chi connectivity index (χ1n) is 5.27. The summed E-state index contributed by atoms with van der Waals surface area (Å²) in [6, 6.07) is 0.522. The summed E-state index contributed by atoms with van der Waals surface area (Å²) in [6.07, 6.45) is 17.5. The smallest absolute Gasteiger partial charge is 0.235 e. The highest BCUT2D eigenvalue weighted by molar-refractivity contribution is 5.28. The van der Waals surface area contributed by atoms with Crippen LogP contribution in [0.2, 0.25) is 0 Å². The number of allylic oxidation sites excluding steroid dienone is 6. The topological polar surface area (TPSA) is 8.81 Å². The quantitative estimate of drug-likeness (QED) is 0.522. The minimum Gasteiger partial charge on any atom is -0.235 e. The van der Waals surface area contributed by atoms with Crippen LogP contribution in [-0.4, -0.2) is 4.57 Å². The molecule has 0 saturated carbocycles. The summed E-state index contributed by atoms with van der Waals surface area (Å²) in [6.45, 7) is 5.28. The van der Waals surface area contributed by atoms with Crippen LogP contribution in [0.4, 0.5) is 0 Å². The van der Waals surface area contributed by atoms with Crippen LogP contribution in [0.15, 0.2) is 48.6 Å². The second-order valence-electron chi connectivity index (χ2n) is 4.04. The van der Waals surface area contributed by atoms with Crippen molar-refractivity contribution in [1.29, 1.82) is 0 Å². The van der Waals surface area contributed by atoms with Gasteiger partial charge in [0, 0.05) is 12.2 Å². The average molecular weight is 200 g/mol. The molecule has 76 valence electrons. The van der Waals surface area contributed by atoms with Gasteiger partial charge in [-0.05, 0) is 13.8 Å². The Morgan fingerprint density at radius 1 is 1.47 bits per heavy atom. The Labute approximate surface area is 90.9 Å². The number of hydrogen-bond donors (Lipinski definition) is 0. The Bertz CT molecular complexity index is 419. The summed E-state index contributed by atoms with van der Waals surface area (Å²) in [5.74, 6) is 0. The summed E-state index contributed by atoms with van der Waals surface area (Å²) < 4.78 is 4.38. The van der Waals surface area contributed by atoms with Gasteiger partial charge in [-0.1, -0.05) is 0 Å². The molecule has 0 spiro atoms. The molecule has 0 unspecified atom stereocenters. The van der Waals surface area contributed by atoms with E-state index in [9.17, 15) is 0 Å². The van der Waals surface area contributed by atoms with E-state index in [1.54, 1.807) is 0 Å². The van der Waals surface area contributed by atoms with Crippen molar-refractivity contribution in [3.8, 4) is 0 Å². The summed E-state index contributed by atoms with van der Waals surface area (Å²) in [5.41, 5.74) is 1.28. The van der Waals surface area contributed by atoms with E-state index in [0.717, 1.165) is 6.54 Å². The van der Waals surface area contributed by atoms with E-state index in [1.165, 1.54) is 5.57 Å². The van der Waals surface area contributed by atoms with E-state index in [4.69, 9.17) is 0 Å². The predicted octanol–water partition coefficient (Wildman–Crippen LogP) is 2.21. The molecule has 15 heavy (non-hydrogen) atoms.